The van der Waals surface area contributed by atoms with E-state index >= 15 is 0 Å². The first kappa shape index (κ1) is 14.8. The second kappa shape index (κ2) is 9.08. The Hall–Kier alpha value is -1.18. The average molecular weight is 235 g/mol. The summed E-state index contributed by atoms with van der Waals surface area (Å²) >= 11 is 0. The lowest BCUT2D eigenvalue weighted by molar-refractivity contribution is -0.305. The second-order valence-corrected chi connectivity index (χ2v) is 3.00. The number of rotatable bonds is 9. The van der Waals surface area contributed by atoms with Crippen LogP contribution in [-0.2, 0) is 19.1 Å². The Morgan fingerprint density at radius 3 is 2.50 bits per heavy atom. The maximum atomic E-state index is 10.8. The van der Waals surface area contributed by atoms with Crippen LogP contribution in [0.5, 0.6) is 0 Å². The molecule has 0 aliphatic rings. The van der Waals surface area contributed by atoms with Gasteiger partial charge in [-0.15, -0.1) is 0 Å². The Morgan fingerprint density at radius 2 is 1.94 bits per heavy atom. The van der Waals surface area contributed by atoms with Gasteiger partial charge in [0.15, 0.2) is 0 Å². The molecule has 7 heteroatoms. The number of esters is 1. The van der Waals surface area contributed by atoms with Crippen LogP contribution in [-0.4, -0.2) is 54.7 Å². The average Bonchev–Trinajstić information content (AvgIpc) is 2.25. The van der Waals surface area contributed by atoms with Crippen LogP contribution in [0.25, 0.3) is 0 Å². The molecular formula is C9H15O7-. The third kappa shape index (κ3) is 9.38. The van der Waals surface area contributed by atoms with Crippen LogP contribution in [0.2, 0.25) is 0 Å². The lowest BCUT2D eigenvalue weighted by Crippen LogP contribution is -2.24. The van der Waals surface area contributed by atoms with Crippen LogP contribution in [0.4, 0.5) is 0 Å². The van der Waals surface area contributed by atoms with Crippen molar-refractivity contribution in [3.8, 4) is 0 Å². The van der Waals surface area contributed by atoms with Crippen molar-refractivity contribution < 1.29 is 34.4 Å². The zero-order valence-corrected chi connectivity index (χ0v) is 8.76. The standard InChI is InChI=1S/C9H16O7/c10-5-7(11)6-15-3-4-16-9(14)2-1-8(12)13/h7,10-11H,1-6H2,(H,12,13)/p-1. The van der Waals surface area contributed by atoms with Crippen molar-refractivity contribution in [2.24, 2.45) is 0 Å². The Bertz CT molecular complexity index is 216. The van der Waals surface area contributed by atoms with Gasteiger partial charge in [-0.1, -0.05) is 0 Å². The van der Waals surface area contributed by atoms with Crippen molar-refractivity contribution >= 4 is 11.9 Å². The van der Waals surface area contributed by atoms with E-state index in [2.05, 4.69) is 4.74 Å². The first-order valence-electron chi connectivity index (χ1n) is 4.78. The smallest absolute Gasteiger partial charge is 0.306 e. The monoisotopic (exact) mass is 235 g/mol. The van der Waals surface area contributed by atoms with Crippen molar-refractivity contribution in [3.05, 3.63) is 0 Å². The maximum absolute atomic E-state index is 10.8. The van der Waals surface area contributed by atoms with Gasteiger partial charge >= 0.3 is 5.97 Å². The Labute approximate surface area is 92.6 Å². The molecule has 16 heavy (non-hydrogen) atoms. The Morgan fingerprint density at radius 1 is 1.25 bits per heavy atom. The highest BCUT2D eigenvalue weighted by Gasteiger charge is 2.04. The second-order valence-electron chi connectivity index (χ2n) is 3.00. The molecular weight excluding hydrogens is 220 g/mol. The lowest BCUT2D eigenvalue weighted by Gasteiger charge is -2.08. The summed E-state index contributed by atoms with van der Waals surface area (Å²) < 4.78 is 9.46. The fourth-order valence-electron chi connectivity index (χ4n) is 0.763. The van der Waals surface area contributed by atoms with E-state index in [9.17, 15) is 14.7 Å². The minimum Gasteiger partial charge on any atom is -0.550 e. The number of aliphatic hydroxyl groups excluding tert-OH is 2. The van der Waals surface area contributed by atoms with Gasteiger partial charge in [-0.2, -0.15) is 0 Å². The van der Waals surface area contributed by atoms with Crippen molar-refractivity contribution in [2.45, 2.75) is 18.9 Å². The van der Waals surface area contributed by atoms with E-state index in [0.717, 1.165) is 0 Å². The number of hydrogen-bond donors (Lipinski definition) is 2. The quantitative estimate of drug-likeness (QED) is 0.333. The number of carboxylic acid groups (broad SMARTS) is 1. The van der Waals surface area contributed by atoms with E-state index in [0.29, 0.717) is 0 Å². The van der Waals surface area contributed by atoms with Crippen molar-refractivity contribution in [3.63, 3.8) is 0 Å². The first-order chi connectivity index (χ1) is 7.56. The first-order valence-corrected chi connectivity index (χ1v) is 4.78. The number of aliphatic carboxylic acids is 1. The van der Waals surface area contributed by atoms with E-state index in [4.69, 9.17) is 14.9 Å². The van der Waals surface area contributed by atoms with Gasteiger partial charge in [0.1, 0.15) is 12.7 Å². The minimum atomic E-state index is -1.31. The molecule has 0 aromatic rings. The van der Waals surface area contributed by atoms with Gasteiger partial charge in [0, 0.05) is 5.97 Å². The summed E-state index contributed by atoms with van der Waals surface area (Å²) in [5.74, 6) is -1.95. The summed E-state index contributed by atoms with van der Waals surface area (Å²) in [4.78, 5) is 20.8. The minimum absolute atomic E-state index is 0.0238. The fraction of sp³-hybridized carbons (Fsp3) is 0.778. The fourth-order valence-corrected chi connectivity index (χ4v) is 0.763. The van der Waals surface area contributed by atoms with Crippen LogP contribution < -0.4 is 5.11 Å². The lowest BCUT2D eigenvalue weighted by atomic mass is 10.3. The molecule has 0 bridgehead atoms. The van der Waals surface area contributed by atoms with Crippen molar-refractivity contribution in [1.82, 2.24) is 0 Å². The summed E-state index contributed by atoms with van der Waals surface area (Å²) in [6.45, 7) is -0.392. The largest absolute Gasteiger partial charge is 0.550 e. The number of hydrogen-bond acceptors (Lipinski definition) is 7. The molecule has 1 unspecified atom stereocenters. The molecule has 0 aromatic heterocycles. The number of aliphatic hydroxyl groups is 2. The predicted molar refractivity (Wildman–Crippen MR) is 49.1 cm³/mol. The highest BCUT2D eigenvalue weighted by Crippen LogP contribution is 1.92. The molecule has 0 rings (SSSR count). The van der Waals surface area contributed by atoms with Gasteiger partial charge in [-0.25, -0.2) is 0 Å². The van der Waals surface area contributed by atoms with Gasteiger partial charge in [-0.3, -0.25) is 4.79 Å². The van der Waals surface area contributed by atoms with Gasteiger partial charge in [0.05, 0.1) is 26.2 Å². The van der Waals surface area contributed by atoms with E-state index in [1.807, 2.05) is 0 Å². The van der Waals surface area contributed by atoms with Crippen LogP contribution in [0, 0.1) is 0 Å². The van der Waals surface area contributed by atoms with Gasteiger partial charge < -0.3 is 29.6 Å². The highest BCUT2D eigenvalue weighted by atomic mass is 16.6. The van der Waals surface area contributed by atoms with Gasteiger partial charge in [-0.05, 0) is 6.42 Å². The van der Waals surface area contributed by atoms with Crippen LogP contribution in [0.1, 0.15) is 12.8 Å². The van der Waals surface area contributed by atoms with Crippen LogP contribution in [0.15, 0.2) is 0 Å². The molecule has 94 valence electrons. The molecule has 0 aliphatic heterocycles. The van der Waals surface area contributed by atoms with Gasteiger partial charge in [0.2, 0.25) is 0 Å². The molecule has 0 aliphatic carbocycles. The molecule has 0 saturated heterocycles. The summed E-state index contributed by atoms with van der Waals surface area (Å²) in [7, 11) is 0. The molecule has 0 fully saturated rings. The normalized spacial score (nSPS) is 12.1. The SMILES string of the molecule is O=C([O-])CCC(=O)OCCOCC(O)CO. The third-order valence-electron chi connectivity index (χ3n) is 1.54. The van der Waals surface area contributed by atoms with Gasteiger partial charge in [0.25, 0.3) is 0 Å². The summed E-state index contributed by atoms with van der Waals surface area (Å²) in [5, 5.41) is 27.3. The number of carbonyl (C=O) groups excluding carboxylic acids is 2. The van der Waals surface area contributed by atoms with Crippen LogP contribution >= 0.6 is 0 Å². The summed E-state index contributed by atoms with van der Waals surface area (Å²) in [6, 6.07) is 0. The molecule has 0 radical (unpaired) electrons. The van der Waals surface area contributed by atoms with Crippen molar-refractivity contribution in [1.29, 1.82) is 0 Å². The molecule has 0 heterocycles. The maximum Gasteiger partial charge on any atom is 0.306 e. The van der Waals surface area contributed by atoms with E-state index in [1.165, 1.54) is 0 Å². The molecule has 0 spiro atoms. The Kier molecular flexibility index (Phi) is 8.41. The summed E-state index contributed by atoms with van der Waals surface area (Å²) in [5.41, 5.74) is 0. The molecule has 0 aromatic carbocycles. The number of carbonyl (C=O) groups is 2. The Balaban J connectivity index is 3.31. The number of ether oxygens (including phenoxy) is 2. The summed E-state index contributed by atoms with van der Waals surface area (Å²) in [6.07, 6.45) is -1.56. The topological polar surface area (TPSA) is 116 Å². The number of carboxylic acids is 1. The van der Waals surface area contributed by atoms with E-state index in [-0.39, 0.29) is 32.7 Å². The zero-order chi connectivity index (χ0) is 12.4. The van der Waals surface area contributed by atoms with Crippen molar-refractivity contribution in [2.75, 3.05) is 26.4 Å². The molecule has 1 atom stereocenters. The molecule has 7 nitrogen and oxygen atoms in total. The van der Waals surface area contributed by atoms with E-state index < -0.39 is 24.6 Å². The molecule has 0 saturated carbocycles. The van der Waals surface area contributed by atoms with E-state index in [1.54, 1.807) is 0 Å². The predicted octanol–water partition coefficient (Wildman–Crippen LogP) is -2.57. The van der Waals surface area contributed by atoms with Crippen LogP contribution in [0.3, 0.4) is 0 Å². The molecule has 0 amide bonds. The zero-order valence-electron chi connectivity index (χ0n) is 8.76. The molecule has 2 N–H and O–H groups in total. The highest BCUT2D eigenvalue weighted by molar-refractivity contribution is 5.75. The third-order valence-corrected chi connectivity index (χ3v) is 1.54.